The highest BCUT2D eigenvalue weighted by Gasteiger charge is 2.18. The molecule has 0 spiro atoms. The summed E-state index contributed by atoms with van der Waals surface area (Å²) in [6.07, 6.45) is 1.25. The van der Waals surface area contributed by atoms with E-state index in [1.54, 1.807) is 13.1 Å². The first-order chi connectivity index (χ1) is 15.9. The second-order valence-corrected chi connectivity index (χ2v) is 7.93. The lowest BCUT2D eigenvalue weighted by Crippen LogP contribution is -2.26. The summed E-state index contributed by atoms with van der Waals surface area (Å²) in [6, 6.07) is 13.4. The molecule has 0 aliphatic heterocycles. The van der Waals surface area contributed by atoms with Crippen LogP contribution in [-0.2, 0) is 22.6 Å². The van der Waals surface area contributed by atoms with E-state index in [0.717, 1.165) is 40.0 Å². The first-order valence-electron chi connectivity index (χ1n) is 11.3. The largest absolute Gasteiger partial charge is 0.490 e. The Bertz CT molecular complexity index is 1070. The number of para-hydroxylation sites is 1. The van der Waals surface area contributed by atoms with Crippen LogP contribution in [0.4, 0.5) is 5.69 Å². The van der Waals surface area contributed by atoms with Gasteiger partial charge in [-0.1, -0.05) is 18.2 Å². The summed E-state index contributed by atoms with van der Waals surface area (Å²) in [6.45, 7) is 9.29. The Hall–Kier alpha value is -3.32. The fraction of sp³-hybridized carbons (Fsp3) is 0.385. The van der Waals surface area contributed by atoms with Crippen molar-refractivity contribution in [2.45, 2.75) is 52.9 Å². The van der Waals surface area contributed by atoms with Crippen LogP contribution in [0.1, 0.15) is 38.8 Å². The molecule has 1 atom stereocenters. The van der Waals surface area contributed by atoms with Gasteiger partial charge in [-0.3, -0.25) is 4.98 Å². The Morgan fingerprint density at radius 2 is 1.88 bits per heavy atom. The van der Waals surface area contributed by atoms with Crippen molar-refractivity contribution in [1.29, 1.82) is 0 Å². The van der Waals surface area contributed by atoms with Gasteiger partial charge in [0.25, 0.3) is 0 Å². The van der Waals surface area contributed by atoms with E-state index in [-0.39, 0.29) is 6.10 Å². The number of aromatic nitrogens is 1. The molecule has 3 aromatic rings. The number of fused-ring (bicyclic) bond motifs is 1. The average Bonchev–Trinajstić information content (AvgIpc) is 2.79. The van der Waals surface area contributed by atoms with Crippen LogP contribution >= 0.6 is 0 Å². The van der Waals surface area contributed by atoms with Gasteiger partial charge in [-0.25, -0.2) is 4.79 Å². The highest BCUT2D eigenvalue weighted by molar-refractivity contribution is 5.95. The van der Waals surface area contributed by atoms with E-state index in [0.29, 0.717) is 25.4 Å². The average molecular weight is 453 g/mol. The van der Waals surface area contributed by atoms with E-state index in [4.69, 9.17) is 14.2 Å². The van der Waals surface area contributed by atoms with Crippen LogP contribution < -0.4 is 14.8 Å². The van der Waals surface area contributed by atoms with Crippen molar-refractivity contribution in [3.63, 3.8) is 0 Å². The number of pyridine rings is 1. The van der Waals surface area contributed by atoms with Crippen molar-refractivity contribution in [3.8, 4) is 11.5 Å². The van der Waals surface area contributed by atoms with E-state index in [1.807, 2.05) is 56.3 Å². The van der Waals surface area contributed by atoms with E-state index in [1.165, 1.54) is 0 Å². The molecule has 2 N–H and O–H groups in total. The molecule has 7 nitrogen and oxygen atoms in total. The molecule has 0 saturated carbocycles. The van der Waals surface area contributed by atoms with E-state index >= 15 is 0 Å². The number of carboxylic acid groups (broad SMARTS) is 1. The molecule has 1 aromatic heterocycles. The number of anilines is 1. The molecule has 3 rings (SSSR count). The van der Waals surface area contributed by atoms with Gasteiger partial charge in [0.2, 0.25) is 0 Å². The first-order valence-corrected chi connectivity index (χ1v) is 11.3. The van der Waals surface area contributed by atoms with Gasteiger partial charge >= 0.3 is 5.97 Å². The van der Waals surface area contributed by atoms with Gasteiger partial charge in [-0.2, -0.15) is 0 Å². The molecule has 0 amide bonds. The SMILES string of the molecule is CCNc1cccc2c(OC(C)C)c(COc3ccc(CC(OCC)C(=O)O)cc3)cnc12. The standard InChI is InChI=1S/C26H32N2O5/c1-5-27-22-9-7-8-21-24(22)28-15-19(25(21)33-17(3)4)16-32-20-12-10-18(11-13-20)14-23(26(29)30)31-6-2/h7-13,15,17,23,27H,5-6,14,16H2,1-4H3,(H,29,30). The molecule has 0 fully saturated rings. The smallest absolute Gasteiger partial charge is 0.333 e. The van der Waals surface area contributed by atoms with Gasteiger partial charge in [-0.05, 0) is 57.5 Å². The normalized spacial score (nSPS) is 12.0. The molecule has 0 saturated heterocycles. The number of carbonyl (C=O) groups is 1. The second-order valence-electron chi connectivity index (χ2n) is 7.93. The lowest BCUT2D eigenvalue weighted by molar-refractivity contribution is -0.149. The van der Waals surface area contributed by atoms with Crippen molar-refractivity contribution in [2.24, 2.45) is 0 Å². The molecular weight excluding hydrogens is 420 g/mol. The monoisotopic (exact) mass is 452 g/mol. The lowest BCUT2D eigenvalue weighted by Gasteiger charge is -2.18. The number of nitrogens with zero attached hydrogens (tertiary/aromatic N) is 1. The number of benzene rings is 2. The van der Waals surface area contributed by atoms with Gasteiger partial charge in [0.1, 0.15) is 18.1 Å². The van der Waals surface area contributed by atoms with E-state index in [9.17, 15) is 9.90 Å². The molecule has 0 aliphatic carbocycles. The zero-order chi connectivity index (χ0) is 23.8. The quantitative estimate of drug-likeness (QED) is 0.397. The molecule has 2 aromatic carbocycles. The van der Waals surface area contributed by atoms with Crippen LogP contribution in [-0.4, -0.2) is 41.4 Å². The van der Waals surface area contributed by atoms with Crippen molar-refractivity contribution in [1.82, 2.24) is 4.98 Å². The fourth-order valence-electron chi connectivity index (χ4n) is 3.57. The molecular formula is C26H32N2O5. The Balaban J connectivity index is 1.78. The minimum Gasteiger partial charge on any atom is -0.490 e. The van der Waals surface area contributed by atoms with Gasteiger partial charge in [-0.15, -0.1) is 0 Å². The van der Waals surface area contributed by atoms with Crippen molar-refractivity contribution < 1.29 is 24.1 Å². The number of hydrogen-bond donors (Lipinski definition) is 2. The summed E-state index contributed by atoms with van der Waals surface area (Å²) >= 11 is 0. The summed E-state index contributed by atoms with van der Waals surface area (Å²) < 4.78 is 17.5. The molecule has 0 aliphatic rings. The number of rotatable bonds is 12. The van der Waals surface area contributed by atoms with Gasteiger partial charge < -0.3 is 24.6 Å². The number of aliphatic carboxylic acids is 1. The number of ether oxygens (including phenoxy) is 3. The van der Waals surface area contributed by atoms with Crippen LogP contribution in [0.25, 0.3) is 10.9 Å². The summed E-state index contributed by atoms with van der Waals surface area (Å²) in [4.78, 5) is 16.0. The predicted molar refractivity (Wildman–Crippen MR) is 129 cm³/mol. The predicted octanol–water partition coefficient (Wildman–Crippen LogP) is 5.07. The minimum atomic E-state index is -0.962. The Labute approximate surface area is 194 Å². The summed E-state index contributed by atoms with van der Waals surface area (Å²) in [5, 5.41) is 13.6. The molecule has 0 bridgehead atoms. The Morgan fingerprint density at radius 3 is 2.52 bits per heavy atom. The minimum absolute atomic E-state index is 0.00365. The van der Waals surface area contributed by atoms with Crippen molar-refractivity contribution in [3.05, 3.63) is 59.8 Å². The highest BCUT2D eigenvalue weighted by Crippen LogP contribution is 2.33. The molecule has 7 heteroatoms. The number of carboxylic acids is 1. The maximum atomic E-state index is 11.3. The molecule has 33 heavy (non-hydrogen) atoms. The van der Waals surface area contributed by atoms with E-state index < -0.39 is 12.1 Å². The van der Waals surface area contributed by atoms with Gasteiger partial charge in [0, 0.05) is 31.2 Å². The summed E-state index contributed by atoms with van der Waals surface area (Å²) in [5.74, 6) is 0.488. The Kier molecular flexibility index (Phi) is 8.49. The third-order valence-corrected chi connectivity index (χ3v) is 5.02. The molecule has 1 unspecified atom stereocenters. The summed E-state index contributed by atoms with van der Waals surface area (Å²) in [7, 11) is 0. The Morgan fingerprint density at radius 1 is 1.12 bits per heavy atom. The zero-order valence-corrected chi connectivity index (χ0v) is 19.6. The third-order valence-electron chi connectivity index (χ3n) is 5.02. The van der Waals surface area contributed by atoms with Gasteiger partial charge in [0.05, 0.1) is 22.9 Å². The fourth-order valence-corrected chi connectivity index (χ4v) is 3.57. The lowest BCUT2D eigenvalue weighted by atomic mass is 10.1. The maximum Gasteiger partial charge on any atom is 0.333 e. The highest BCUT2D eigenvalue weighted by atomic mass is 16.5. The van der Waals surface area contributed by atoms with Crippen LogP contribution in [0.15, 0.2) is 48.7 Å². The number of hydrogen-bond acceptors (Lipinski definition) is 6. The summed E-state index contributed by atoms with van der Waals surface area (Å²) in [5.41, 5.74) is 3.57. The van der Waals surface area contributed by atoms with E-state index in [2.05, 4.69) is 17.2 Å². The van der Waals surface area contributed by atoms with Gasteiger partial charge in [0.15, 0.2) is 6.10 Å². The maximum absolute atomic E-state index is 11.3. The van der Waals surface area contributed by atoms with Crippen LogP contribution in [0.5, 0.6) is 11.5 Å². The van der Waals surface area contributed by atoms with Crippen molar-refractivity contribution >= 4 is 22.6 Å². The topological polar surface area (TPSA) is 89.9 Å². The van der Waals surface area contributed by atoms with Crippen LogP contribution in [0.2, 0.25) is 0 Å². The second kappa shape index (κ2) is 11.5. The molecule has 176 valence electrons. The third kappa shape index (κ3) is 6.35. The van der Waals surface area contributed by atoms with Crippen LogP contribution in [0, 0.1) is 0 Å². The first kappa shape index (κ1) is 24.3. The molecule has 0 radical (unpaired) electrons. The van der Waals surface area contributed by atoms with Crippen LogP contribution in [0.3, 0.4) is 0 Å². The molecule has 1 heterocycles. The zero-order valence-electron chi connectivity index (χ0n) is 19.6. The van der Waals surface area contributed by atoms with Crippen molar-refractivity contribution in [2.75, 3.05) is 18.5 Å². The number of nitrogens with one attached hydrogen (secondary N) is 1.